The van der Waals surface area contributed by atoms with E-state index in [-0.39, 0.29) is 24.7 Å². The number of benzene rings is 3. The van der Waals surface area contributed by atoms with Crippen molar-refractivity contribution in [1.29, 1.82) is 0 Å². The van der Waals surface area contributed by atoms with Crippen LogP contribution in [-0.4, -0.2) is 89.5 Å². The fourth-order valence-corrected chi connectivity index (χ4v) is 4.43. The van der Waals surface area contributed by atoms with Crippen molar-refractivity contribution in [3.05, 3.63) is 83.9 Å². The molecule has 0 aromatic heterocycles. The molecule has 0 aliphatic carbocycles. The number of phenolic OH excluding ortho intramolecular Hbond substituents is 2. The van der Waals surface area contributed by atoms with Crippen molar-refractivity contribution in [2.75, 3.05) is 79.3 Å². The fraction of sp³-hybridized carbons (Fsp3) is 0.412. The summed E-state index contributed by atoms with van der Waals surface area (Å²) in [6.45, 7) is 8.56. The van der Waals surface area contributed by atoms with E-state index in [0.29, 0.717) is 113 Å². The Bertz CT molecular complexity index is 1200. The van der Waals surface area contributed by atoms with Gasteiger partial charge in [0.2, 0.25) is 0 Å². The second-order valence-electron chi connectivity index (χ2n) is 9.92. The second kappa shape index (κ2) is 18.6. The third kappa shape index (κ3) is 10.9. The highest BCUT2D eigenvalue weighted by Gasteiger charge is 2.13. The Morgan fingerprint density at radius 2 is 0.727 bits per heavy atom. The Hall–Kier alpha value is -3.96. The van der Waals surface area contributed by atoms with E-state index >= 15 is 0 Å². The molecule has 1 aliphatic rings. The van der Waals surface area contributed by atoms with Gasteiger partial charge < -0.3 is 48.1 Å². The van der Waals surface area contributed by atoms with Gasteiger partial charge in [0.05, 0.1) is 52.9 Å². The van der Waals surface area contributed by atoms with Crippen LogP contribution in [0.4, 0.5) is 0 Å². The summed E-state index contributed by atoms with van der Waals surface area (Å²) >= 11 is 0. The molecular weight excluding hydrogens is 568 g/mol. The van der Waals surface area contributed by atoms with Crippen LogP contribution in [0.2, 0.25) is 0 Å². The highest BCUT2D eigenvalue weighted by atomic mass is 16.6. The maximum Gasteiger partial charge on any atom is 0.161 e. The molecular formula is C34H42O10. The number of allylic oxidation sites excluding steroid dienone is 1. The lowest BCUT2D eigenvalue weighted by atomic mass is 9.98. The summed E-state index contributed by atoms with van der Waals surface area (Å²) in [5, 5.41) is 21.6. The van der Waals surface area contributed by atoms with Crippen LogP contribution in [0.25, 0.3) is 0 Å². The number of para-hydroxylation sites is 4. The lowest BCUT2D eigenvalue weighted by Gasteiger charge is -2.14. The standard InChI is InChI=1S/C34H42O10/c1-26-24-27-6-4-10-31(33(27)35)43-22-18-39-14-12-37-16-20-41-29-8-2-3-9-30(29)42-21-17-38-13-15-40-19-23-44-32-11-5-7-28(25-26)34(32)36/h2-11,35-36H,1,12-25H2. The third-order valence-electron chi connectivity index (χ3n) is 6.58. The second-order valence-corrected chi connectivity index (χ2v) is 9.92. The molecule has 10 nitrogen and oxygen atoms in total. The summed E-state index contributed by atoms with van der Waals surface area (Å²) in [6, 6.07) is 18.2. The number of hydrogen-bond donors (Lipinski definition) is 2. The zero-order valence-corrected chi connectivity index (χ0v) is 25.0. The zero-order chi connectivity index (χ0) is 30.8. The van der Waals surface area contributed by atoms with Gasteiger partial charge >= 0.3 is 0 Å². The van der Waals surface area contributed by atoms with Gasteiger partial charge in [0.1, 0.15) is 26.4 Å². The van der Waals surface area contributed by atoms with Gasteiger partial charge in [-0.1, -0.05) is 48.6 Å². The normalized spacial score (nSPS) is 17.3. The lowest BCUT2D eigenvalue weighted by Crippen LogP contribution is -2.14. The minimum atomic E-state index is 0.0611. The summed E-state index contributed by atoms with van der Waals surface area (Å²) < 4.78 is 45.5. The molecule has 0 amide bonds. The topological polar surface area (TPSA) is 114 Å². The average molecular weight is 611 g/mol. The highest BCUT2D eigenvalue weighted by molar-refractivity contribution is 5.49. The van der Waals surface area contributed by atoms with Crippen molar-refractivity contribution in [3.8, 4) is 34.5 Å². The molecule has 1 heterocycles. The monoisotopic (exact) mass is 610 g/mol. The van der Waals surface area contributed by atoms with E-state index in [9.17, 15) is 10.2 Å². The molecule has 238 valence electrons. The molecule has 0 saturated heterocycles. The Labute approximate surface area is 258 Å². The van der Waals surface area contributed by atoms with Gasteiger partial charge in [0.25, 0.3) is 0 Å². The third-order valence-corrected chi connectivity index (χ3v) is 6.58. The van der Waals surface area contributed by atoms with Crippen molar-refractivity contribution in [1.82, 2.24) is 0 Å². The maximum absolute atomic E-state index is 10.8. The SMILES string of the molecule is C=C1Cc2cccc(c2O)OCCOCCOCCOc2ccccc2OCCOCCOCCOc2cccc(c2O)C1. The number of phenols is 2. The lowest BCUT2D eigenvalue weighted by molar-refractivity contribution is 0.0245. The van der Waals surface area contributed by atoms with Crippen LogP contribution in [0.3, 0.4) is 0 Å². The highest BCUT2D eigenvalue weighted by Crippen LogP contribution is 2.34. The quantitative estimate of drug-likeness (QED) is 0.346. The molecule has 3 aromatic carbocycles. The summed E-state index contributed by atoms with van der Waals surface area (Å²) in [6.07, 6.45) is 0.831. The smallest absolute Gasteiger partial charge is 0.161 e. The van der Waals surface area contributed by atoms with Crippen LogP contribution in [0.5, 0.6) is 34.5 Å². The maximum atomic E-state index is 10.8. The Morgan fingerprint density at radius 1 is 0.409 bits per heavy atom. The van der Waals surface area contributed by atoms with Gasteiger partial charge in [-0.25, -0.2) is 0 Å². The van der Waals surface area contributed by atoms with Crippen LogP contribution in [0, 0.1) is 0 Å². The molecule has 4 bridgehead atoms. The van der Waals surface area contributed by atoms with Crippen LogP contribution >= 0.6 is 0 Å². The summed E-state index contributed by atoms with van der Waals surface area (Å²) in [5.74, 6) is 2.14. The first-order chi connectivity index (χ1) is 21.6. The minimum Gasteiger partial charge on any atom is -0.504 e. The summed E-state index contributed by atoms with van der Waals surface area (Å²) in [7, 11) is 0. The van der Waals surface area contributed by atoms with Crippen molar-refractivity contribution >= 4 is 0 Å². The van der Waals surface area contributed by atoms with Crippen LogP contribution in [0.1, 0.15) is 11.1 Å². The van der Waals surface area contributed by atoms with Gasteiger partial charge in [0.15, 0.2) is 34.5 Å². The number of ether oxygens (including phenoxy) is 8. The molecule has 0 radical (unpaired) electrons. The first-order valence-electron chi connectivity index (χ1n) is 14.8. The first kappa shape index (κ1) is 32.9. The Balaban J connectivity index is 1.32. The van der Waals surface area contributed by atoms with E-state index in [0.717, 1.165) is 5.57 Å². The van der Waals surface area contributed by atoms with Crippen LogP contribution in [-0.2, 0) is 31.8 Å². The molecule has 4 rings (SSSR count). The molecule has 10 heteroatoms. The molecule has 2 N–H and O–H groups in total. The molecule has 0 unspecified atom stereocenters. The van der Waals surface area contributed by atoms with Crippen LogP contribution < -0.4 is 18.9 Å². The molecule has 0 saturated carbocycles. The first-order valence-corrected chi connectivity index (χ1v) is 14.8. The number of aromatic hydroxyl groups is 2. The summed E-state index contributed by atoms with van der Waals surface area (Å²) in [5.41, 5.74) is 2.18. The predicted molar refractivity (Wildman–Crippen MR) is 164 cm³/mol. The van der Waals surface area contributed by atoms with Gasteiger partial charge in [-0.3, -0.25) is 0 Å². The minimum absolute atomic E-state index is 0.0611. The Morgan fingerprint density at radius 3 is 1.11 bits per heavy atom. The molecule has 0 spiro atoms. The largest absolute Gasteiger partial charge is 0.504 e. The fourth-order valence-electron chi connectivity index (χ4n) is 4.43. The van der Waals surface area contributed by atoms with Gasteiger partial charge in [-0.2, -0.15) is 0 Å². The van der Waals surface area contributed by atoms with Gasteiger partial charge in [-0.05, 0) is 37.1 Å². The van der Waals surface area contributed by atoms with Crippen molar-refractivity contribution < 1.29 is 48.1 Å². The number of fused-ring (bicyclic) bond motifs is 5. The van der Waals surface area contributed by atoms with E-state index in [4.69, 9.17) is 37.9 Å². The van der Waals surface area contributed by atoms with E-state index in [2.05, 4.69) is 6.58 Å². The summed E-state index contributed by atoms with van der Waals surface area (Å²) in [4.78, 5) is 0. The van der Waals surface area contributed by atoms with Crippen molar-refractivity contribution in [2.45, 2.75) is 12.8 Å². The molecule has 0 atom stereocenters. The van der Waals surface area contributed by atoms with Crippen molar-refractivity contribution in [2.24, 2.45) is 0 Å². The Kier molecular flexibility index (Phi) is 14.0. The van der Waals surface area contributed by atoms with E-state index in [1.165, 1.54) is 0 Å². The van der Waals surface area contributed by atoms with E-state index in [1.807, 2.05) is 48.5 Å². The van der Waals surface area contributed by atoms with Crippen molar-refractivity contribution in [3.63, 3.8) is 0 Å². The molecule has 1 aliphatic heterocycles. The van der Waals surface area contributed by atoms with E-state index < -0.39 is 0 Å². The van der Waals surface area contributed by atoms with Crippen LogP contribution in [0.15, 0.2) is 72.8 Å². The van der Waals surface area contributed by atoms with Gasteiger partial charge in [-0.15, -0.1) is 0 Å². The molecule has 44 heavy (non-hydrogen) atoms. The predicted octanol–water partition coefficient (Wildman–Crippen LogP) is 4.73. The average Bonchev–Trinajstić information content (AvgIpc) is 3.02. The molecule has 0 fully saturated rings. The van der Waals surface area contributed by atoms with Gasteiger partial charge in [0, 0.05) is 11.1 Å². The molecule has 3 aromatic rings. The number of hydrogen-bond acceptors (Lipinski definition) is 10. The van der Waals surface area contributed by atoms with E-state index in [1.54, 1.807) is 12.1 Å². The zero-order valence-electron chi connectivity index (χ0n) is 25.0. The number of rotatable bonds is 0.